The smallest absolute Gasteiger partial charge is 0.277 e. The molecule has 0 aliphatic carbocycles. The second-order valence-electron chi connectivity index (χ2n) is 5.47. The Morgan fingerprint density at radius 1 is 1.00 bits per heavy atom. The van der Waals surface area contributed by atoms with Crippen molar-refractivity contribution in [3.8, 4) is 5.75 Å². The number of amides is 1. The van der Waals surface area contributed by atoms with Gasteiger partial charge in [-0.2, -0.15) is 5.10 Å². The van der Waals surface area contributed by atoms with Crippen LogP contribution in [0.4, 0.5) is 0 Å². The number of aromatic carboxylic acids is 1. The maximum Gasteiger partial charge on any atom is 0.277 e. The summed E-state index contributed by atoms with van der Waals surface area (Å²) in [4.78, 5) is 22.5. The zero-order valence-corrected chi connectivity index (χ0v) is 13.7. The van der Waals surface area contributed by atoms with Gasteiger partial charge in [-0.25, -0.2) is 5.43 Å². The highest BCUT2D eigenvalue weighted by molar-refractivity contribution is 5.89. The standard InChI is InChI=1S/C20H16N2O4/c23-19(22-21-12-14-8-10-16(11-9-14)20(24)25)13-26-18-7-3-5-15-4-1-2-6-17(15)18/h1-12H,13H2,(H,22,23)(H,24,25)/p-1/b21-12-. The zero-order valence-electron chi connectivity index (χ0n) is 13.7. The number of carbonyl (C=O) groups is 2. The minimum Gasteiger partial charge on any atom is -0.545 e. The van der Waals surface area contributed by atoms with E-state index in [0.29, 0.717) is 11.3 Å². The lowest BCUT2D eigenvalue weighted by Crippen LogP contribution is -2.24. The number of carboxylic acids is 1. The molecule has 3 aromatic rings. The molecule has 0 aromatic heterocycles. The highest BCUT2D eigenvalue weighted by Gasteiger charge is 2.04. The SMILES string of the molecule is O=C(COc1cccc2ccccc12)N/N=C\c1ccc(C(=O)[O-])cc1. The van der Waals surface area contributed by atoms with Crippen molar-refractivity contribution < 1.29 is 19.4 Å². The number of carboxylic acid groups (broad SMARTS) is 1. The van der Waals surface area contributed by atoms with Crippen LogP contribution in [-0.4, -0.2) is 24.7 Å². The number of fused-ring (bicyclic) bond motifs is 1. The quantitative estimate of drug-likeness (QED) is 0.543. The lowest BCUT2D eigenvalue weighted by atomic mass is 10.1. The van der Waals surface area contributed by atoms with Gasteiger partial charge < -0.3 is 14.6 Å². The first-order chi connectivity index (χ1) is 12.6. The third-order valence-corrected chi connectivity index (χ3v) is 3.66. The van der Waals surface area contributed by atoms with Crippen LogP contribution in [0.25, 0.3) is 10.8 Å². The Balaban J connectivity index is 1.55. The van der Waals surface area contributed by atoms with Gasteiger partial charge >= 0.3 is 0 Å². The maximum absolute atomic E-state index is 11.9. The molecule has 0 fully saturated rings. The molecular weight excluding hydrogens is 332 g/mol. The third kappa shape index (κ3) is 4.24. The van der Waals surface area contributed by atoms with Gasteiger partial charge in [-0.15, -0.1) is 0 Å². The molecule has 6 heteroatoms. The summed E-state index contributed by atoms with van der Waals surface area (Å²) in [5.41, 5.74) is 3.09. The number of hydrogen-bond acceptors (Lipinski definition) is 5. The van der Waals surface area contributed by atoms with Crippen LogP contribution in [0.2, 0.25) is 0 Å². The van der Waals surface area contributed by atoms with Crippen molar-refractivity contribution >= 4 is 28.9 Å². The zero-order chi connectivity index (χ0) is 18.4. The van der Waals surface area contributed by atoms with E-state index in [1.807, 2.05) is 36.4 Å². The van der Waals surface area contributed by atoms with Gasteiger partial charge in [-0.05, 0) is 22.6 Å². The average Bonchev–Trinajstić information content (AvgIpc) is 2.66. The molecule has 0 saturated heterocycles. The van der Waals surface area contributed by atoms with Gasteiger partial charge in [0.05, 0.1) is 12.2 Å². The van der Waals surface area contributed by atoms with Crippen LogP contribution >= 0.6 is 0 Å². The fourth-order valence-electron chi connectivity index (χ4n) is 2.38. The highest BCUT2D eigenvalue weighted by Crippen LogP contribution is 2.24. The van der Waals surface area contributed by atoms with Crippen LogP contribution in [0.3, 0.4) is 0 Å². The molecule has 0 heterocycles. The normalized spacial score (nSPS) is 10.8. The van der Waals surface area contributed by atoms with E-state index in [4.69, 9.17) is 4.74 Å². The van der Waals surface area contributed by atoms with E-state index < -0.39 is 11.9 Å². The molecule has 0 unspecified atom stereocenters. The van der Waals surface area contributed by atoms with Gasteiger partial charge in [0.1, 0.15) is 5.75 Å². The van der Waals surface area contributed by atoms with E-state index in [1.54, 1.807) is 18.2 Å². The monoisotopic (exact) mass is 347 g/mol. The Kier molecular flexibility index (Phi) is 5.24. The van der Waals surface area contributed by atoms with Crippen LogP contribution in [0.5, 0.6) is 5.75 Å². The fraction of sp³-hybridized carbons (Fsp3) is 0.0500. The first kappa shape index (κ1) is 17.2. The number of nitrogens with zero attached hydrogens (tertiary/aromatic N) is 1. The lowest BCUT2D eigenvalue weighted by molar-refractivity contribution is -0.255. The van der Waals surface area contributed by atoms with Crippen LogP contribution < -0.4 is 15.3 Å². The lowest BCUT2D eigenvalue weighted by Gasteiger charge is -2.08. The fourth-order valence-corrected chi connectivity index (χ4v) is 2.38. The number of hydrazone groups is 1. The molecule has 0 radical (unpaired) electrons. The summed E-state index contributed by atoms with van der Waals surface area (Å²) in [6, 6.07) is 19.3. The Morgan fingerprint density at radius 2 is 1.73 bits per heavy atom. The molecule has 0 aliphatic heterocycles. The molecule has 0 aliphatic rings. The van der Waals surface area contributed by atoms with Gasteiger partial charge in [0.25, 0.3) is 5.91 Å². The summed E-state index contributed by atoms with van der Waals surface area (Å²) >= 11 is 0. The summed E-state index contributed by atoms with van der Waals surface area (Å²) < 4.78 is 5.57. The Hall–Kier alpha value is -3.67. The molecule has 3 rings (SSSR count). The highest BCUT2D eigenvalue weighted by atomic mass is 16.5. The number of nitrogens with one attached hydrogen (secondary N) is 1. The minimum atomic E-state index is -1.24. The van der Waals surface area contributed by atoms with E-state index in [1.165, 1.54) is 18.3 Å². The van der Waals surface area contributed by atoms with Crippen molar-refractivity contribution in [2.45, 2.75) is 0 Å². The number of ether oxygens (including phenoxy) is 1. The maximum atomic E-state index is 11.9. The van der Waals surface area contributed by atoms with E-state index >= 15 is 0 Å². The molecule has 130 valence electrons. The number of hydrogen-bond donors (Lipinski definition) is 1. The molecule has 1 amide bonds. The van der Waals surface area contributed by atoms with Crippen LogP contribution in [0.15, 0.2) is 71.8 Å². The summed E-state index contributed by atoms with van der Waals surface area (Å²) in [6.45, 7) is -0.172. The van der Waals surface area contributed by atoms with Gasteiger partial charge in [0.15, 0.2) is 6.61 Å². The molecule has 3 aromatic carbocycles. The van der Waals surface area contributed by atoms with Gasteiger partial charge in [0, 0.05) is 5.39 Å². The first-order valence-corrected chi connectivity index (χ1v) is 7.87. The van der Waals surface area contributed by atoms with E-state index in [9.17, 15) is 14.7 Å². The number of rotatable bonds is 6. The molecule has 0 bridgehead atoms. The van der Waals surface area contributed by atoms with E-state index in [0.717, 1.165) is 10.8 Å². The summed E-state index contributed by atoms with van der Waals surface area (Å²) in [6.07, 6.45) is 1.41. The van der Waals surface area contributed by atoms with Crippen LogP contribution in [0.1, 0.15) is 15.9 Å². The summed E-state index contributed by atoms with van der Waals surface area (Å²) in [7, 11) is 0. The van der Waals surface area contributed by atoms with Crippen molar-refractivity contribution in [3.63, 3.8) is 0 Å². The molecule has 0 spiro atoms. The van der Waals surface area contributed by atoms with Crippen molar-refractivity contribution in [2.75, 3.05) is 6.61 Å². The van der Waals surface area contributed by atoms with Crippen molar-refractivity contribution in [1.82, 2.24) is 5.43 Å². The van der Waals surface area contributed by atoms with Crippen molar-refractivity contribution in [3.05, 3.63) is 77.9 Å². The van der Waals surface area contributed by atoms with Gasteiger partial charge in [0.2, 0.25) is 0 Å². The molecule has 26 heavy (non-hydrogen) atoms. The van der Waals surface area contributed by atoms with Crippen LogP contribution in [-0.2, 0) is 4.79 Å². The topological polar surface area (TPSA) is 90.8 Å². The average molecular weight is 347 g/mol. The van der Waals surface area contributed by atoms with Gasteiger partial charge in [-0.1, -0.05) is 60.7 Å². The molecule has 0 atom stereocenters. The first-order valence-electron chi connectivity index (χ1n) is 7.87. The predicted molar refractivity (Wildman–Crippen MR) is 96.0 cm³/mol. The third-order valence-electron chi connectivity index (χ3n) is 3.66. The van der Waals surface area contributed by atoms with Gasteiger partial charge in [-0.3, -0.25) is 4.79 Å². The Morgan fingerprint density at radius 3 is 2.50 bits per heavy atom. The summed E-state index contributed by atoms with van der Waals surface area (Å²) in [5, 5.41) is 16.5. The van der Waals surface area contributed by atoms with E-state index in [-0.39, 0.29) is 12.2 Å². The molecule has 1 N–H and O–H groups in total. The number of carbonyl (C=O) groups excluding carboxylic acids is 2. The molecule has 0 saturated carbocycles. The predicted octanol–water partition coefficient (Wildman–Crippen LogP) is 1.73. The largest absolute Gasteiger partial charge is 0.545 e. The van der Waals surface area contributed by atoms with E-state index in [2.05, 4.69) is 10.5 Å². The van der Waals surface area contributed by atoms with Crippen molar-refractivity contribution in [2.24, 2.45) is 5.10 Å². The Labute approximate surface area is 149 Å². The minimum absolute atomic E-state index is 0.0784. The molecular formula is C20H15N2O4-. The number of benzene rings is 3. The van der Waals surface area contributed by atoms with Crippen LogP contribution in [0, 0.1) is 0 Å². The molecule has 6 nitrogen and oxygen atoms in total. The van der Waals surface area contributed by atoms with Crippen molar-refractivity contribution in [1.29, 1.82) is 0 Å². The Bertz CT molecular complexity index is 960. The second kappa shape index (κ2) is 7.94. The second-order valence-corrected chi connectivity index (χ2v) is 5.47. The summed E-state index contributed by atoms with van der Waals surface area (Å²) in [5.74, 6) is -1.02.